The van der Waals surface area contributed by atoms with Crippen molar-refractivity contribution in [2.45, 2.75) is 45.1 Å². The highest BCUT2D eigenvalue weighted by Crippen LogP contribution is 2.27. The fourth-order valence-corrected chi connectivity index (χ4v) is 6.42. The Morgan fingerprint density at radius 2 is 1.09 bits per heavy atom. The minimum atomic E-state index is 0.552. The summed E-state index contributed by atoms with van der Waals surface area (Å²) in [6.45, 7) is 4.84. The lowest BCUT2D eigenvalue weighted by Gasteiger charge is -2.27. The second kappa shape index (κ2) is 13.6. The third kappa shape index (κ3) is 6.61. The number of hydrogen-bond donors (Lipinski definition) is 1. The zero-order valence-corrected chi connectivity index (χ0v) is 26.1. The molecular weight excluding hydrogens is 580 g/mol. The number of hydrogen-bond acceptors (Lipinski definition) is 8. The molecule has 8 rings (SSSR count). The maximum absolute atomic E-state index is 6.20. The van der Waals surface area contributed by atoms with Gasteiger partial charge in [0.25, 0.3) is 0 Å². The highest BCUT2D eigenvalue weighted by molar-refractivity contribution is 6.34. The van der Waals surface area contributed by atoms with E-state index in [9.17, 15) is 0 Å². The van der Waals surface area contributed by atoms with Gasteiger partial charge >= 0.3 is 0 Å². The predicted molar refractivity (Wildman–Crippen MR) is 185 cm³/mol. The second-order valence-electron chi connectivity index (χ2n) is 11.7. The van der Waals surface area contributed by atoms with E-state index in [1.807, 2.05) is 54.7 Å². The van der Waals surface area contributed by atoms with Gasteiger partial charge in [-0.05, 0) is 80.5 Å². The molecule has 8 nitrogen and oxygen atoms in total. The summed E-state index contributed by atoms with van der Waals surface area (Å²) in [6, 6.07) is 26.4. The number of piperidine rings is 2. The zero-order chi connectivity index (χ0) is 30.4. The molecule has 3 aromatic carbocycles. The number of nitrogens with zero attached hydrogens (tertiary/aromatic N) is 7. The molecule has 5 heterocycles. The Bertz CT molecular complexity index is 1910. The Morgan fingerprint density at radius 1 is 0.556 bits per heavy atom. The largest absolute Gasteiger partial charge is 0.365 e. The lowest BCUT2D eigenvalue weighted by Crippen LogP contribution is -2.31. The van der Waals surface area contributed by atoms with Crippen molar-refractivity contribution < 1.29 is 0 Å². The third-order valence-electron chi connectivity index (χ3n) is 8.60. The van der Waals surface area contributed by atoms with Crippen LogP contribution in [0.2, 0.25) is 5.15 Å². The third-order valence-corrected chi connectivity index (χ3v) is 8.89. The van der Waals surface area contributed by atoms with Gasteiger partial charge in [-0.15, -0.1) is 0 Å². The summed E-state index contributed by atoms with van der Waals surface area (Å²) in [5, 5.41) is 7.28. The summed E-state index contributed by atoms with van der Waals surface area (Å²) in [5.74, 6) is 2.50. The summed E-state index contributed by atoms with van der Waals surface area (Å²) in [4.78, 5) is 27.7. The van der Waals surface area contributed by atoms with Gasteiger partial charge in [-0.3, -0.25) is 4.98 Å². The molecule has 2 fully saturated rings. The zero-order valence-electron chi connectivity index (χ0n) is 25.4. The maximum Gasteiger partial charge on any atom is 0.227 e. The van der Waals surface area contributed by atoms with E-state index in [0.717, 1.165) is 71.2 Å². The van der Waals surface area contributed by atoms with E-state index in [2.05, 4.69) is 60.4 Å². The van der Waals surface area contributed by atoms with Crippen molar-refractivity contribution in [1.82, 2.24) is 24.9 Å². The van der Waals surface area contributed by atoms with Crippen LogP contribution in [0.4, 0.5) is 17.7 Å². The molecule has 0 aliphatic carbocycles. The standard InChI is InChI=1S/C23H23N5.C13H14ClN3/c1-6-14-28(15-7-1)23-26-21-11-5-3-9-19(21)22(27-23)25-16-17-12-13-24-20-10-4-2-8-18(17)20;14-12-10-6-2-3-7-11(10)15-13(16-12)17-8-4-1-5-9-17/h2-5,8-13H,1,6-7,14-16H2,(H,25,26,27);2-3,6-7H,1,4-5,8-9H2. The predicted octanol–water partition coefficient (Wildman–Crippen LogP) is 8.05. The van der Waals surface area contributed by atoms with Gasteiger partial charge in [0.15, 0.2) is 0 Å². The number of halogens is 1. The van der Waals surface area contributed by atoms with Crippen molar-refractivity contribution in [3.8, 4) is 0 Å². The molecule has 3 aromatic heterocycles. The van der Waals surface area contributed by atoms with Crippen LogP contribution >= 0.6 is 11.6 Å². The van der Waals surface area contributed by atoms with Crippen LogP contribution in [0.5, 0.6) is 0 Å². The normalized spacial score (nSPS) is 15.2. The van der Waals surface area contributed by atoms with Crippen molar-refractivity contribution in [1.29, 1.82) is 0 Å². The van der Waals surface area contributed by atoms with E-state index < -0.39 is 0 Å². The molecule has 0 radical (unpaired) electrons. The molecule has 6 aromatic rings. The van der Waals surface area contributed by atoms with Crippen LogP contribution < -0.4 is 15.1 Å². The minimum Gasteiger partial charge on any atom is -0.365 e. The van der Waals surface area contributed by atoms with Gasteiger partial charge in [-0.1, -0.05) is 54.1 Å². The molecule has 2 saturated heterocycles. The van der Waals surface area contributed by atoms with Gasteiger partial charge in [-0.25, -0.2) is 15.0 Å². The molecular formula is C36H37ClN8. The molecule has 0 unspecified atom stereocenters. The van der Waals surface area contributed by atoms with Crippen molar-refractivity contribution >= 4 is 62.0 Å². The van der Waals surface area contributed by atoms with E-state index in [0.29, 0.717) is 11.7 Å². The monoisotopic (exact) mass is 616 g/mol. The second-order valence-corrected chi connectivity index (χ2v) is 12.0. The number of fused-ring (bicyclic) bond motifs is 3. The van der Waals surface area contributed by atoms with E-state index in [4.69, 9.17) is 21.6 Å². The van der Waals surface area contributed by atoms with Crippen LogP contribution in [0.1, 0.15) is 44.1 Å². The van der Waals surface area contributed by atoms with Gasteiger partial charge in [0.2, 0.25) is 11.9 Å². The van der Waals surface area contributed by atoms with Crippen LogP contribution in [0.25, 0.3) is 32.7 Å². The summed E-state index contributed by atoms with van der Waals surface area (Å²) in [5.41, 5.74) is 4.14. The Kier molecular flexibility index (Phi) is 8.82. The van der Waals surface area contributed by atoms with Crippen molar-refractivity contribution in [3.05, 3.63) is 95.8 Å². The Labute approximate surface area is 268 Å². The van der Waals surface area contributed by atoms with Crippen LogP contribution in [0.3, 0.4) is 0 Å². The van der Waals surface area contributed by atoms with E-state index >= 15 is 0 Å². The summed E-state index contributed by atoms with van der Waals surface area (Å²) >= 11 is 6.20. The van der Waals surface area contributed by atoms with Crippen molar-refractivity contribution in [3.63, 3.8) is 0 Å². The summed E-state index contributed by atoms with van der Waals surface area (Å²) < 4.78 is 0. The first-order valence-corrected chi connectivity index (χ1v) is 16.4. The molecule has 0 atom stereocenters. The van der Waals surface area contributed by atoms with Gasteiger partial charge in [0.05, 0.1) is 16.6 Å². The van der Waals surface area contributed by atoms with Gasteiger partial charge < -0.3 is 15.1 Å². The van der Waals surface area contributed by atoms with Gasteiger partial charge in [0.1, 0.15) is 11.0 Å². The van der Waals surface area contributed by atoms with Gasteiger partial charge in [0, 0.05) is 55.1 Å². The number of aromatic nitrogens is 5. The van der Waals surface area contributed by atoms with E-state index in [1.54, 1.807) is 0 Å². The van der Waals surface area contributed by atoms with E-state index in [-0.39, 0.29) is 0 Å². The number of nitrogens with one attached hydrogen (secondary N) is 1. The average molecular weight is 617 g/mol. The van der Waals surface area contributed by atoms with Crippen LogP contribution in [0.15, 0.2) is 85.1 Å². The molecule has 9 heteroatoms. The maximum atomic E-state index is 6.20. The smallest absolute Gasteiger partial charge is 0.227 e. The molecule has 45 heavy (non-hydrogen) atoms. The molecule has 228 valence electrons. The van der Waals surface area contributed by atoms with Crippen molar-refractivity contribution in [2.24, 2.45) is 0 Å². The highest BCUT2D eigenvalue weighted by Gasteiger charge is 2.17. The topological polar surface area (TPSA) is 83.0 Å². The molecule has 0 bridgehead atoms. The van der Waals surface area contributed by atoms with E-state index in [1.165, 1.54) is 49.5 Å². The van der Waals surface area contributed by atoms with Crippen LogP contribution in [-0.2, 0) is 6.54 Å². The minimum absolute atomic E-state index is 0.552. The summed E-state index contributed by atoms with van der Waals surface area (Å²) in [6.07, 6.45) is 9.32. The fourth-order valence-electron chi connectivity index (χ4n) is 6.18. The van der Waals surface area contributed by atoms with Crippen molar-refractivity contribution in [2.75, 3.05) is 41.3 Å². The number of benzene rings is 3. The first-order chi connectivity index (χ1) is 22.2. The number of anilines is 3. The van der Waals surface area contributed by atoms with Crippen LogP contribution in [0, 0.1) is 0 Å². The Morgan fingerprint density at radius 3 is 1.76 bits per heavy atom. The summed E-state index contributed by atoms with van der Waals surface area (Å²) in [7, 11) is 0. The van der Waals surface area contributed by atoms with Crippen LogP contribution in [-0.4, -0.2) is 51.1 Å². The highest BCUT2D eigenvalue weighted by atomic mass is 35.5. The fraction of sp³-hybridized carbons (Fsp3) is 0.306. The van der Waals surface area contributed by atoms with Gasteiger partial charge in [-0.2, -0.15) is 4.98 Å². The molecule has 1 N–H and O–H groups in total. The first-order valence-electron chi connectivity index (χ1n) is 16.0. The SMILES string of the molecule is Clc1nc(N2CCCCC2)nc2ccccc12.c1ccc2c(CNc3nc(N4CCCCC4)nc4ccccc34)ccnc2c1. The Hall–Kier alpha value is -4.56. The average Bonchev–Trinajstić information content (AvgIpc) is 3.11. The molecule has 2 aliphatic heterocycles. The molecule has 2 aliphatic rings. The quantitative estimate of drug-likeness (QED) is 0.195. The molecule has 0 amide bonds. The first kappa shape index (κ1) is 29.2. The Balaban J connectivity index is 0.000000163. The molecule has 0 saturated carbocycles. The number of pyridine rings is 1. The number of rotatable bonds is 5. The lowest BCUT2D eigenvalue weighted by molar-refractivity contribution is 0.569. The molecule has 0 spiro atoms. The number of para-hydroxylation sites is 3. The lowest BCUT2D eigenvalue weighted by atomic mass is 10.1.